The highest BCUT2D eigenvalue weighted by atomic mass is 16.5. The molecular weight excluding hydrogens is 318 g/mol. The van der Waals surface area contributed by atoms with Gasteiger partial charge in [0.05, 0.1) is 18.8 Å². The van der Waals surface area contributed by atoms with E-state index in [1.165, 1.54) is 5.57 Å². The summed E-state index contributed by atoms with van der Waals surface area (Å²) in [6.45, 7) is 1.31. The summed E-state index contributed by atoms with van der Waals surface area (Å²) in [6.07, 6.45) is 1.78. The third-order valence-corrected chi connectivity index (χ3v) is 4.04. The monoisotopic (exact) mass is 337 g/mol. The minimum atomic E-state index is -1.11. The molecule has 0 spiro atoms. The molecule has 5 nitrogen and oxygen atoms in total. The van der Waals surface area contributed by atoms with Gasteiger partial charge < -0.3 is 15.2 Å². The second kappa shape index (κ2) is 7.77. The molecule has 1 unspecified atom stereocenters. The van der Waals surface area contributed by atoms with Crippen LogP contribution in [0.3, 0.4) is 0 Å². The normalized spacial score (nSPS) is 15.1. The molecule has 2 aromatic carbocycles. The lowest BCUT2D eigenvalue weighted by atomic mass is 10.0. The minimum absolute atomic E-state index is 0.374. The van der Waals surface area contributed by atoms with E-state index < -0.39 is 18.0 Å². The largest absolute Gasteiger partial charge is 0.444 e. The first kappa shape index (κ1) is 16.9. The summed E-state index contributed by atoms with van der Waals surface area (Å²) in [5, 5.41) is 0. The summed E-state index contributed by atoms with van der Waals surface area (Å²) in [5.74, 6) is -1.29. The van der Waals surface area contributed by atoms with Gasteiger partial charge in [-0.1, -0.05) is 48.5 Å². The van der Waals surface area contributed by atoms with Crippen LogP contribution in [-0.2, 0) is 14.3 Å². The maximum Gasteiger partial charge on any atom is 0.339 e. The Morgan fingerprint density at radius 1 is 1.04 bits per heavy atom. The summed E-state index contributed by atoms with van der Waals surface area (Å²) in [7, 11) is 0. The highest BCUT2D eigenvalue weighted by molar-refractivity contribution is 5.92. The average Bonchev–Trinajstić information content (AvgIpc) is 2.67. The summed E-state index contributed by atoms with van der Waals surface area (Å²) in [4.78, 5) is 24.0. The number of primary amides is 1. The van der Waals surface area contributed by atoms with Crippen molar-refractivity contribution in [2.24, 2.45) is 5.73 Å². The zero-order chi connectivity index (χ0) is 17.6. The molecule has 2 N–H and O–H groups in total. The molecule has 2 aromatic rings. The van der Waals surface area contributed by atoms with Crippen molar-refractivity contribution in [3.05, 3.63) is 77.4 Å². The van der Waals surface area contributed by atoms with Crippen LogP contribution < -0.4 is 5.73 Å². The Labute approximate surface area is 146 Å². The lowest BCUT2D eigenvalue weighted by molar-refractivity contribution is -0.127. The van der Waals surface area contributed by atoms with Crippen LogP contribution >= 0.6 is 0 Å². The van der Waals surface area contributed by atoms with Crippen molar-refractivity contribution in [1.29, 1.82) is 0 Å². The number of nitrogens with two attached hydrogens (primary N) is 1. The van der Waals surface area contributed by atoms with E-state index in [2.05, 4.69) is 0 Å². The van der Waals surface area contributed by atoms with E-state index in [9.17, 15) is 9.59 Å². The number of hydrogen-bond acceptors (Lipinski definition) is 4. The third-order valence-electron chi connectivity index (χ3n) is 4.04. The van der Waals surface area contributed by atoms with Gasteiger partial charge in [0.25, 0.3) is 5.91 Å². The molecule has 1 atom stereocenters. The predicted molar refractivity (Wildman–Crippen MR) is 93.6 cm³/mol. The Balaban J connectivity index is 1.74. The first-order valence-electron chi connectivity index (χ1n) is 8.07. The van der Waals surface area contributed by atoms with E-state index in [0.29, 0.717) is 24.3 Å². The van der Waals surface area contributed by atoms with Crippen LogP contribution in [0.2, 0.25) is 0 Å². The van der Waals surface area contributed by atoms with Crippen LogP contribution in [0.4, 0.5) is 0 Å². The zero-order valence-corrected chi connectivity index (χ0v) is 13.7. The Hall–Kier alpha value is -2.92. The second-order valence-electron chi connectivity index (χ2n) is 5.73. The van der Waals surface area contributed by atoms with Gasteiger partial charge in [0, 0.05) is 5.56 Å². The molecule has 1 heterocycles. The molecule has 1 aliphatic rings. The van der Waals surface area contributed by atoms with Gasteiger partial charge in [-0.2, -0.15) is 0 Å². The number of esters is 1. The Morgan fingerprint density at radius 3 is 2.36 bits per heavy atom. The molecule has 5 heteroatoms. The molecular formula is C20H19NO4. The summed E-state index contributed by atoms with van der Waals surface area (Å²) in [5.41, 5.74) is 8.55. The minimum Gasteiger partial charge on any atom is -0.444 e. The van der Waals surface area contributed by atoms with Gasteiger partial charge in [-0.3, -0.25) is 4.79 Å². The van der Waals surface area contributed by atoms with E-state index in [-0.39, 0.29) is 0 Å². The molecule has 25 heavy (non-hydrogen) atoms. The van der Waals surface area contributed by atoms with Crippen molar-refractivity contribution in [1.82, 2.24) is 0 Å². The van der Waals surface area contributed by atoms with Crippen LogP contribution in [0.5, 0.6) is 0 Å². The van der Waals surface area contributed by atoms with Crippen LogP contribution in [0.1, 0.15) is 34.0 Å². The van der Waals surface area contributed by atoms with E-state index in [1.54, 1.807) is 36.4 Å². The van der Waals surface area contributed by atoms with Gasteiger partial charge in [0.1, 0.15) is 0 Å². The molecule has 0 bridgehead atoms. The second-order valence-corrected chi connectivity index (χ2v) is 5.73. The molecule has 0 saturated carbocycles. The van der Waals surface area contributed by atoms with Gasteiger partial charge >= 0.3 is 5.97 Å². The van der Waals surface area contributed by atoms with Crippen molar-refractivity contribution in [2.45, 2.75) is 12.5 Å². The zero-order valence-electron chi connectivity index (χ0n) is 13.7. The maximum absolute atomic E-state index is 12.4. The maximum atomic E-state index is 12.4. The van der Waals surface area contributed by atoms with Crippen LogP contribution in [0.25, 0.3) is 5.57 Å². The number of carbonyl (C=O) groups excluding carboxylic acids is 2. The van der Waals surface area contributed by atoms with Gasteiger partial charge in [-0.05, 0) is 29.7 Å². The van der Waals surface area contributed by atoms with E-state index >= 15 is 0 Å². The molecule has 0 saturated heterocycles. The standard InChI is InChI=1S/C20H19NO4/c21-19(22)18(16-4-2-1-3-5-16)25-20(23)17-8-6-14(7-9-17)15-10-12-24-13-11-15/h1-10,18H,11-13H2,(H2,21,22). The lowest BCUT2D eigenvalue weighted by Crippen LogP contribution is -2.26. The summed E-state index contributed by atoms with van der Waals surface area (Å²) >= 11 is 0. The fourth-order valence-corrected chi connectivity index (χ4v) is 2.70. The van der Waals surface area contributed by atoms with Gasteiger partial charge in [0.2, 0.25) is 6.10 Å². The fraction of sp³-hybridized carbons (Fsp3) is 0.200. The highest BCUT2D eigenvalue weighted by Gasteiger charge is 2.23. The SMILES string of the molecule is NC(=O)C(OC(=O)c1ccc(C2=CCOCC2)cc1)c1ccccc1. The quantitative estimate of drug-likeness (QED) is 0.851. The summed E-state index contributed by atoms with van der Waals surface area (Å²) < 4.78 is 10.6. The lowest BCUT2D eigenvalue weighted by Gasteiger charge is -2.16. The molecule has 0 radical (unpaired) electrons. The van der Waals surface area contributed by atoms with E-state index in [0.717, 1.165) is 12.0 Å². The Bertz CT molecular complexity index is 781. The van der Waals surface area contributed by atoms with Gasteiger partial charge in [-0.25, -0.2) is 4.79 Å². The Morgan fingerprint density at radius 2 is 1.76 bits per heavy atom. The first-order valence-corrected chi connectivity index (χ1v) is 8.07. The third kappa shape index (κ3) is 4.14. The first-order chi connectivity index (χ1) is 12.1. The average molecular weight is 337 g/mol. The molecule has 0 aromatic heterocycles. The fourth-order valence-electron chi connectivity index (χ4n) is 2.70. The van der Waals surface area contributed by atoms with Crippen LogP contribution in [0, 0.1) is 0 Å². The molecule has 128 valence electrons. The van der Waals surface area contributed by atoms with Crippen molar-refractivity contribution in [3.63, 3.8) is 0 Å². The molecule has 3 rings (SSSR count). The van der Waals surface area contributed by atoms with Gasteiger partial charge in [-0.15, -0.1) is 0 Å². The molecule has 1 aliphatic heterocycles. The van der Waals surface area contributed by atoms with Crippen LogP contribution in [-0.4, -0.2) is 25.1 Å². The van der Waals surface area contributed by atoms with Crippen molar-refractivity contribution in [3.8, 4) is 0 Å². The van der Waals surface area contributed by atoms with Crippen molar-refractivity contribution >= 4 is 17.4 Å². The smallest absolute Gasteiger partial charge is 0.339 e. The highest BCUT2D eigenvalue weighted by Crippen LogP contribution is 2.23. The summed E-state index contributed by atoms with van der Waals surface area (Å²) in [6, 6.07) is 15.9. The van der Waals surface area contributed by atoms with Gasteiger partial charge in [0.15, 0.2) is 0 Å². The number of ether oxygens (including phenoxy) is 2. The van der Waals surface area contributed by atoms with Crippen molar-refractivity contribution in [2.75, 3.05) is 13.2 Å². The topological polar surface area (TPSA) is 78.6 Å². The Kier molecular flexibility index (Phi) is 5.26. The number of rotatable bonds is 5. The molecule has 0 fully saturated rings. The number of carbonyl (C=O) groups is 2. The van der Waals surface area contributed by atoms with E-state index in [4.69, 9.17) is 15.2 Å². The predicted octanol–water partition coefficient (Wildman–Crippen LogP) is 2.87. The number of hydrogen-bond donors (Lipinski definition) is 1. The van der Waals surface area contributed by atoms with Crippen molar-refractivity contribution < 1.29 is 19.1 Å². The van der Waals surface area contributed by atoms with E-state index in [1.807, 2.05) is 24.3 Å². The van der Waals surface area contributed by atoms with Crippen LogP contribution in [0.15, 0.2) is 60.7 Å². The number of benzene rings is 2. The molecule has 1 amide bonds. The molecule has 0 aliphatic carbocycles. The number of amides is 1.